The lowest BCUT2D eigenvalue weighted by Crippen LogP contribution is -2.56. The molecule has 1 aromatic rings. The van der Waals surface area contributed by atoms with Gasteiger partial charge in [-0.1, -0.05) is 23.2 Å². The van der Waals surface area contributed by atoms with Crippen LogP contribution < -0.4 is 4.74 Å². The van der Waals surface area contributed by atoms with E-state index in [1.165, 1.54) is 6.42 Å². The highest BCUT2D eigenvalue weighted by molar-refractivity contribution is 6.35. The van der Waals surface area contributed by atoms with Gasteiger partial charge in [0.25, 0.3) is 5.91 Å². The predicted octanol–water partition coefficient (Wildman–Crippen LogP) is 3.51. The SMILES string of the molecule is C[C@H](Oc1ccc(Cl)cc1Cl)C(=O)N1CCN(C(=O)N2CCCCC2)CC1. The van der Waals surface area contributed by atoms with Crippen molar-refractivity contribution in [3.05, 3.63) is 28.2 Å². The molecule has 0 radical (unpaired) electrons. The summed E-state index contributed by atoms with van der Waals surface area (Å²) in [6, 6.07) is 5.01. The third-order valence-electron chi connectivity index (χ3n) is 5.03. The Labute approximate surface area is 169 Å². The summed E-state index contributed by atoms with van der Waals surface area (Å²) in [5, 5.41) is 0.889. The largest absolute Gasteiger partial charge is 0.479 e. The molecule has 0 aromatic heterocycles. The lowest BCUT2D eigenvalue weighted by Gasteiger charge is -2.39. The van der Waals surface area contributed by atoms with Gasteiger partial charge in [0, 0.05) is 44.3 Å². The van der Waals surface area contributed by atoms with Gasteiger partial charge >= 0.3 is 6.03 Å². The molecule has 3 amide bonds. The smallest absolute Gasteiger partial charge is 0.320 e. The first-order valence-corrected chi connectivity index (χ1v) is 10.2. The van der Waals surface area contributed by atoms with E-state index in [0.717, 1.165) is 25.9 Å². The summed E-state index contributed by atoms with van der Waals surface area (Å²) in [7, 11) is 0. The van der Waals surface area contributed by atoms with Crippen LogP contribution in [-0.4, -0.2) is 72.0 Å². The summed E-state index contributed by atoms with van der Waals surface area (Å²) in [5.74, 6) is 0.326. The van der Waals surface area contributed by atoms with Crippen molar-refractivity contribution in [2.45, 2.75) is 32.3 Å². The Balaban J connectivity index is 1.50. The van der Waals surface area contributed by atoms with Crippen molar-refractivity contribution in [1.29, 1.82) is 0 Å². The molecule has 0 N–H and O–H groups in total. The Bertz CT molecular complexity index is 687. The average molecular weight is 414 g/mol. The lowest BCUT2D eigenvalue weighted by atomic mass is 10.1. The molecule has 1 atom stereocenters. The van der Waals surface area contributed by atoms with Crippen LogP contribution in [0.25, 0.3) is 0 Å². The number of amides is 3. The van der Waals surface area contributed by atoms with Crippen LogP contribution in [0.15, 0.2) is 18.2 Å². The highest BCUT2D eigenvalue weighted by Crippen LogP contribution is 2.28. The number of piperazine rings is 1. The van der Waals surface area contributed by atoms with Crippen molar-refractivity contribution in [2.24, 2.45) is 0 Å². The van der Waals surface area contributed by atoms with Crippen molar-refractivity contribution in [3.63, 3.8) is 0 Å². The summed E-state index contributed by atoms with van der Waals surface area (Å²) >= 11 is 12.0. The Morgan fingerprint density at radius 2 is 1.52 bits per heavy atom. The maximum atomic E-state index is 12.7. The normalized spacial score (nSPS) is 19.0. The van der Waals surface area contributed by atoms with Crippen molar-refractivity contribution in [2.75, 3.05) is 39.3 Å². The van der Waals surface area contributed by atoms with Crippen LogP contribution in [-0.2, 0) is 4.79 Å². The maximum absolute atomic E-state index is 12.7. The quantitative estimate of drug-likeness (QED) is 0.761. The summed E-state index contributed by atoms with van der Waals surface area (Å²) in [6.45, 7) is 5.51. The molecule has 3 rings (SSSR count). The van der Waals surface area contributed by atoms with Gasteiger partial charge in [0.05, 0.1) is 5.02 Å². The van der Waals surface area contributed by atoms with E-state index < -0.39 is 6.10 Å². The van der Waals surface area contributed by atoms with E-state index in [1.807, 2.05) is 9.80 Å². The third kappa shape index (κ3) is 4.99. The predicted molar refractivity (Wildman–Crippen MR) is 106 cm³/mol. The second kappa shape index (κ2) is 9.02. The number of likely N-dealkylation sites (tertiary alicyclic amines) is 1. The maximum Gasteiger partial charge on any atom is 0.320 e. The number of benzene rings is 1. The number of urea groups is 1. The Morgan fingerprint density at radius 3 is 2.15 bits per heavy atom. The molecule has 2 aliphatic heterocycles. The van der Waals surface area contributed by atoms with Crippen LogP contribution in [0.3, 0.4) is 0 Å². The number of carbonyl (C=O) groups is 2. The lowest BCUT2D eigenvalue weighted by molar-refractivity contribution is -0.139. The van der Waals surface area contributed by atoms with Gasteiger partial charge in [0.15, 0.2) is 6.10 Å². The van der Waals surface area contributed by atoms with Gasteiger partial charge in [-0.25, -0.2) is 4.79 Å². The zero-order valence-electron chi connectivity index (χ0n) is 15.5. The number of nitrogens with zero attached hydrogens (tertiary/aromatic N) is 3. The van der Waals surface area contributed by atoms with E-state index in [1.54, 1.807) is 30.0 Å². The van der Waals surface area contributed by atoms with Crippen LogP contribution in [0.2, 0.25) is 10.0 Å². The highest BCUT2D eigenvalue weighted by atomic mass is 35.5. The Kier molecular flexibility index (Phi) is 6.71. The van der Waals surface area contributed by atoms with Crippen LogP contribution >= 0.6 is 23.2 Å². The topological polar surface area (TPSA) is 53.1 Å². The molecule has 2 fully saturated rings. The minimum Gasteiger partial charge on any atom is -0.479 e. The second-order valence-electron chi connectivity index (χ2n) is 6.98. The monoisotopic (exact) mass is 413 g/mol. The van der Waals surface area contributed by atoms with Gasteiger partial charge in [-0.2, -0.15) is 0 Å². The number of rotatable bonds is 3. The van der Waals surface area contributed by atoms with Gasteiger partial charge < -0.3 is 19.4 Å². The van der Waals surface area contributed by atoms with Gasteiger partial charge in [-0.05, 0) is 44.4 Å². The van der Waals surface area contributed by atoms with Crippen molar-refractivity contribution < 1.29 is 14.3 Å². The zero-order valence-corrected chi connectivity index (χ0v) is 17.0. The number of piperidine rings is 1. The third-order valence-corrected chi connectivity index (χ3v) is 5.56. The van der Waals surface area contributed by atoms with Crippen LogP contribution in [0.4, 0.5) is 4.79 Å². The summed E-state index contributed by atoms with van der Waals surface area (Å²) in [4.78, 5) is 30.8. The van der Waals surface area contributed by atoms with E-state index in [0.29, 0.717) is 42.0 Å². The molecule has 6 nitrogen and oxygen atoms in total. The molecule has 0 bridgehead atoms. The molecule has 27 heavy (non-hydrogen) atoms. The molecule has 1 aromatic carbocycles. The van der Waals surface area contributed by atoms with Crippen LogP contribution in [0, 0.1) is 0 Å². The van der Waals surface area contributed by atoms with Crippen LogP contribution in [0.5, 0.6) is 5.75 Å². The molecular formula is C19H25Cl2N3O3. The van der Waals surface area contributed by atoms with Gasteiger partial charge in [0.2, 0.25) is 0 Å². The number of hydrogen-bond acceptors (Lipinski definition) is 3. The molecule has 8 heteroatoms. The summed E-state index contributed by atoms with van der Waals surface area (Å²) in [5.41, 5.74) is 0. The highest BCUT2D eigenvalue weighted by Gasteiger charge is 2.30. The van der Waals surface area contributed by atoms with Crippen molar-refractivity contribution >= 4 is 35.1 Å². The Morgan fingerprint density at radius 1 is 0.926 bits per heavy atom. The van der Waals surface area contributed by atoms with E-state index >= 15 is 0 Å². The standard InChI is InChI=1S/C19H25Cl2N3O3/c1-14(27-17-6-5-15(20)13-16(17)21)18(25)22-9-11-24(12-10-22)19(26)23-7-3-2-4-8-23/h5-6,13-14H,2-4,7-12H2,1H3/t14-/m0/s1. The van der Waals surface area contributed by atoms with Gasteiger partial charge in [-0.15, -0.1) is 0 Å². The molecule has 2 heterocycles. The van der Waals surface area contributed by atoms with E-state index in [2.05, 4.69) is 0 Å². The summed E-state index contributed by atoms with van der Waals surface area (Å²) < 4.78 is 5.71. The van der Waals surface area contributed by atoms with E-state index in [-0.39, 0.29) is 11.9 Å². The minimum absolute atomic E-state index is 0.0963. The molecule has 148 valence electrons. The molecule has 0 aliphatic carbocycles. The number of carbonyl (C=O) groups excluding carboxylic acids is 2. The first-order valence-electron chi connectivity index (χ1n) is 9.40. The average Bonchev–Trinajstić information content (AvgIpc) is 2.69. The number of hydrogen-bond donors (Lipinski definition) is 0. The molecule has 0 saturated carbocycles. The van der Waals surface area contributed by atoms with Crippen molar-refractivity contribution in [1.82, 2.24) is 14.7 Å². The first kappa shape index (κ1) is 20.1. The first-order chi connectivity index (χ1) is 13.0. The molecule has 0 spiro atoms. The number of ether oxygens (including phenoxy) is 1. The molecule has 0 unspecified atom stereocenters. The fourth-order valence-corrected chi connectivity index (χ4v) is 3.93. The molecule has 2 aliphatic rings. The molecule has 2 saturated heterocycles. The van der Waals surface area contributed by atoms with Gasteiger partial charge in [0.1, 0.15) is 5.75 Å². The molecular weight excluding hydrogens is 389 g/mol. The zero-order chi connectivity index (χ0) is 19.4. The Hall–Kier alpha value is -1.66. The fourth-order valence-electron chi connectivity index (χ4n) is 3.47. The fraction of sp³-hybridized carbons (Fsp3) is 0.579. The van der Waals surface area contributed by atoms with E-state index in [9.17, 15) is 9.59 Å². The minimum atomic E-state index is -0.659. The summed E-state index contributed by atoms with van der Waals surface area (Å²) in [6.07, 6.45) is 2.69. The van der Waals surface area contributed by atoms with Crippen molar-refractivity contribution in [3.8, 4) is 5.75 Å². The van der Waals surface area contributed by atoms with Crippen LogP contribution in [0.1, 0.15) is 26.2 Å². The second-order valence-corrected chi connectivity index (χ2v) is 7.82. The number of halogens is 2. The van der Waals surface area contributed by atoms with E-state index in [4.69, 9.17) is 27.9 Å². The van der Waals surface area contributed by atoms with Gasteiger partial charge in [-0.3, -0.25) is 4.79 Å².